The molecule has 0 bridgehead atoms. The van der Waals surface area contributed by atoms with Crippen LogP contribution in [0.25, 0.3) is 0 Å². The quantitative estimate of drug-likeness (QED) is 0.403. The molecule has 94 valence electrons. The molecule has 0 spiro atoms. The number of carbonyl (C=O) groups is 1. The Hall–Kier alpha value is -0.650. The Morgan fingerprint density at radius 3 is 2.81 bits per heavy atom. The molecule has 16 heavy (non-hydrogen) atoms. The number of amides is 1. The summed E-state index contributed by atoms with van der Waals surface area (Å²) in [6.07, 6.45) is 2.96. The summed E-state index contributed by atoms with van der Waals surface area (Å²) in [5, 5.41) is 0. The summed E-state index contributed by atoms with van der Waals surface area (Å²) >= 11 is 0. The fourth-order valence-corrected chi connectivity index (χ4v) is 2.38. The summed E-state index contributed by atoms with van der Waals surface area (Å²) in [7, 11) is 1.98. The maximum atomic E-state index is 11.7. The Morgan fingerprint density at radius 1 is 1.69 bits per heavy atom. The minimum atomic E-state index is -0.149. The lowest BCUT2D eigenvalue weighted by Crippen LogP contribution is -2.52. The first-order chi connectivity index (χ1) is 7.61. The zero-order valence-electron chi connectivity index (χ0n) is 10.4. The molecule has 1 heterocycles. The second-order valence-corrected chi connectivity index (χ2v) is 4.41. The molecule has 1 rings (SSSR count). The number of nitrogens with zero attached hydrogens (tertiary/aromatic N) is 1. The van der Waals surface area contributed by atoms with E-state index in [0.717, 1.165) is 25.9 Å². The third-order valence-electron chi connectivity index (χ3n) is 3.36. The Balaban J connectivity index is 2.65. The van der Waals surface area contributed by atoms with Crippen molar-refractivity contribution in [3.05, 3.63) is 0 Å². The van der Waals surface area contributed by atoms with Crippen molar-refractivity contribution in [1.29, 1.82) is 0 Å². The van der Waals surface area contributed by atoms with Crippen LogP contribution in [-0.2, 0) is 9.53 Å². The number of likely N-dealkylation sites (N-methyl/N-ethyl adjacent to an activating group) is 1. The van der Waals surface area contributed by atoms with Gasteiger partial charge in [-0.2, -0.15) is 0 Å². The van der Waals surface area contributed by atoms with Gasteiger partial charge in [-0.05, 0) is 26.8 Å². The minimum Gasteiger partial charge on any atom is -0.377 e. The number of hydrogen-bond donors (Lipinski definition) is 2. The van der Waals surface area contributed by atoms with Crippen molar-refractivity contribution < 1.29 is 9.53 Å². The van der Waals surface area contributed by atoms with E-state index in [-0.39, 0.29) is 18.1 Å². The first-order valence-electron chi connectivity index (χ1n) is 5.95. The Morgan fingerprint density at radius 2 is 2.38 bits per heavy atom. The van der Waals surface area contributed by atoms with Crippen molar-refractivity contribution in [3.8, 4) is 0 Å². The van der Waals surface area contributed by atoms with E-state index in [9.17, 15) is 4.79 Å². The molecule has 0 aliphatic carbocycles. The van der Waals surface area contributed by atoms with Gasteiger partial charge in [0.2, 0.25) is 0 Å². The number of carbonyl (C=O) groups excluding carboxylic acids is 1. The summed E-state index contributed by atoms with van der Waals surface area (Å²) < 4.78 is 5.52. The van der Waals surface area contributed by atoms with Crippen LogP contribution in [0.1, 0.15) is 33.1 Å². The Bertz CT molecular complexity index is 235. The van der Waals surface area contributed by atoms with E-state index in [1.807, 2.05) is 7.05 Å². The fourth-order valence-electron chi connectivity index (χ4n) is 2.38. The Labute approximate surface area is 97.3 Å². The second-order valence-electron chi connectivity index (χ2n) is 4.41. The van der Waals surface area contributed by atoms with E-state index >= 15 is 0 Å². The van der Waals surface area contributed by atoms with E-state index in [4.69, 9.17) is 10.6 Å². The highest BCUT2D eigenvalue weighted by Gasteiger charge is 2.34. The SMILES string of the molecule is CCCC(C(=O)NN)N(C)C1CCOC1C. The van der Waals surface area contributed by atoms with Gasteiger partial charge in [0, 0.05) is 12.6 Å². The summed E-state index contributed by atoms with van der Waals surface area (Å²) in [6, 6.07) is 0.165. The number of hydrogen-bond acceptors (Lipinski definition) is 4. The van der Waals surface area contributed by atoms with Crippen molar-refractivity contribution in [1.82, 2.24) is 10.3 Å². The summed E-state index contributed by atoms with van der Waals surface area (Å²) in [5.41, 5.74) is 2.25. The number of nitrogens with two attached hydrogens (primary N) is 1. The lowest BCUT2D eigenvalue weighted by Gasteiger charge is -2.33. The first-order valence-corrected chi connectivity index (χ1v) is 5.95. The Kier molecular flexibility index (Phi) is 5.18. The highest BCUT2D eigenvalue weighted by molar-refractivity contribution is 5.81. The van der Waals surface area contributed by atoms with E-state index in [1.165, 1.54) is 0 Å². The normalized spacial score (nSPS) is 27.1. The molecule has 3 N–H and O–H groups in total. The van der Waals surface area contributed by atoms with Crippen LogP contribution < -0.4 is 11.3 Å². The molecule has 0 aromatic heterocycles. The van der Waals surface area contributed by atoms with E-state index in [2.05, 4.69) is 24.2 Å². The molecule has 0 aromatic carbocycles. The van der Waals surface area contributed by atoms with Crippen LogP contribution in [0.2, 0.25) is 0 Å². The lowest BCUT2D eigenvalue weighted by molar-refractivity contribution is -0.127. The topological polar surface area (TPSA) is 67.6 Å². The lowest BCUT2D eigenvalue weighted by atomic mass is 10.0. The number of rotatable bonds is 5. The van der Waals surface area contributed by atoms with Gasteiger partial charge in [0.1, 0.15) is 0 Å². The summed E-state index contributed by atoms with van der Waals surface area (Å²) in [6.45, 7) is 4.90. The molecule has 0 saturated carbocycles. The predicted octanol–water partition coefficient (Wildman–Crippen LogP) is 0.254. The molecule has 5 nitrogen and oxygen atoms in total. The molecule has 5 heteroatoms. The second kappa shape index (κ2) is 6.18. The van der Waals surface area contributed by atoms with Crippen molar-refractivity contribution in [2.24, 2.45) is 5.84 Å². The molecule has 3 atom stereocenters. The largest absolute Gasteiger partial charge is 0.377 e. The van der Waals surface area contributed by atoms with Gasteiger partial charge in [-0.15, -0.1) is 0 Å². The number of ether oxygens (including phenoxy) is 1. The molecule has 1 amide bonds. The van der Waals surface area contributed by atoms with Crippen LogP contribution in [-0.4, -0.2) is 42.6 Å². The standard InChI is InChI=1S/C11H23N3O2/c1-4-5-10(11(15)13-12)14(3)9-6-7-16-8(9)2/h8-10H,4-7,12H2,1-3H3,(H,13,15). The highest BCUT2D eigenvalue weighted by Crippen LogP contribution is 2.21. The third-order valence-corrected chi connectivity index (χ3v) is 3.36. The summed E-state index contributed by atoms with van der Waals surface area (Å²) in [5.74, 6) is 5.11. The van der Waals surface area contributed by atoms with Crippen molar-refractivity contribution >= 4 is 5.91 Å². The molecule has 1 fully saturated rings. The summed E-state index contributed by atoms with van der Waals surface area (Å²) in [4.78, 5) is 13.8. The maximum Gasteiger partial charge on any atom is 0.251 e. The van der Waals surface area contributed by atoms with E-state index in [0.29, 0.717) is 6.04 Å². The zero-order chi connectivity index (χ0) is 12.1. The molecular weight excluding hydrogens is 206 g/mol. The molecule has 3 unspecified atom stereocenters. The van der Waals surface area contributed by atoms with Crippen LogP contribution in [0.3, 0.4) is 0 Å². The monoisotopic (exact) mass is 229 g/mol. The molecule has 1 saturated heterocycles. The molecule has 0 aromatic rings. The van der Waals surface area contributed by atoms with Gasteiger partial charge in [0.25, 0.3) is 5.91 Å². The maximum absolute atomic E-state index is 11.7. The first kappa shape index (κ1) is 13.4. The fraction of sp³-hybridized carbons (Fsp3) is 0.909. The van der Waals surface area contributed by atoms with Crippen LogP contribution in [0.4, 0.5) is 0 Å². The zero-order valence-corrected chi connectivity index (χ0v) is 10.4. The average molecular weight is 229 g/mol. The molecular formula is C11H23N3O2. The minimum absolute atomic E-state index is 0.108. The van der Waals surface area contributed by atoms with Crippen LogP contribution in [0, 0.1) is 0 Å². The van der Waals surface area contributed by atoms with Gasteiger partial charge in [0.15, 0.2) is 0 Å². The molecule has 0 radical (unpaired) electrons. The highest BCUT2D eigenvalue weighted by atomic mass is 16.5. The van der Waals surface area contributed by atoms with Gasteiger partial charge in [-0.3, -0.25) is 15.1 Å². The number of hydrazine groups is 1. The average Bonchev–Trinajstić information content (AvgIpc) is 2.70. The smallest absolute Gasteiger partial charge is 0.251 e. The third kappa shape index (κ3) is 2.93. The molecule has 1 aliphatic heterocycles. The van der Waals surface area contributed by atoms with Crippen molar-refractivity contribution in [3.63, 3.8) is 0 Å². The van der Waals surface area contributed by atoms with Gasteiger partial charge in [-0.25, -0.2) is 5.84 Å². The van der Waals surface area contributed by atoms with Crippen molar-refractivity contribution in [2.75, 3.05) is 13.7 Å². The van der Waals surface area contributed by atoms with Crippen molar-refractivity contribution in [2.45, 2.75) is 51.3 Å². The van der Waals surface area contributed by atoms with Gasteiger partial charge in [-0.1, -0.05) is 13.3 Å². The molecule has 1 aliphatic rings. The van der Waals surface area contributed by atoms with E-state index < -0.39 is 0 Å². The number of nitrogens with one attached hydrogen (secondary N) is 1. The van der Waals surface area contributed by atoms with Crippen LogP contribution in [0.5, 0.6) is 0 Å². The van der Waals surface area contributed by atoms with E-state index in [1.54, 1.807) is 0 Å². The van der Waals surface area contributed by atoms with Gasteiger partial charge < -0.3 is 4.74 Å². The predicted molar refractivity (Wildman–Crippen MR) is 62.6 cm³/mol. The van der Waals surface area contributed by atoms with Gasteiger partial charge in [0.05, 0.1) is 12.1 Å². The van der Waals surface area contributed by atoms with Gasteiger partial charge >= 0.3 is 0 Å². The van der Waals surface area contributed by atoms with Crippen LogP contribution >= 0.6 is 0 Å². The van der Waals surface area contributed by atoms with Crippen LogP contribution in [0.15, 0.2) is 0 Å².